The molecule has 2 heteroatoms. The molecule has 0 aromatic heterocycles. The largest absolute Gasteiger partial charge is 0.380 e. The predicted octanol–water partition coefficient (Wildman–Crippen LogP) is 2.28. The third-order valence-electron chi connectivity index (χ3n) is 1.55. The smallest absolute Gasteiger partial charge is 0.126 e. The lowest BCUT2D eigenvalue weighted by Gasteiger charge is -2.00. The Balaban J connectivity index is 2.86. The standard InChI is InChI=1S/C9H11FO/c1-7-3-4-8(6-11-2)5-9(7)10/h3-5H,6H2,1-2H3. The van der Waals surface area contributed by atoms with E-state index < -0.39 is 0 Å². The summed E-state index contributed by atoms with van der Waals surface area (Å²) in [6.07, 6.45) is 0. The van der Waals surface area contributed by atoms with Gasteiger partial charge in [0.2, 0.25) is 0 Å². The second kappa shape index (κ2) is 3.49. The van der Waals surface area contributed by atoms with Gasteiger partial charge in [-0.05, 0) is 24.1 Å². The Bertz CT molecular complexity index is 245. The molecule has 0 N–H and O–H groups in total. The van der Waals surface area contributed by atoms with E-state index in [1.165, 1.54) is 6.07 Å². The van der Waals surface area contributed by atoms with Crippen molar-refractivity contribution in [3.05, 3.63) is 35.1 Å². The number of benzene rings is 1. The summed E-state index contributed by atoms with van der Waals surface area (Å²) in [7, 11) is 1.60. The van der Waals surface area contributed by atoms with Gasteiger partial charge >= 0.3 is 0 Å². The average Bonchev–Trinajstić information content (AvgIpc) is 1.98. The fourth-order valence-corrected chi connectivity index (χ4v) is 0.893. The first-order chi connectivity index (χ1) is 5.24. The van der Waals surface area contributed by atoms with Crippen LogP contribution in [0.25, 0.3) is 0 Å². The van der Waals surface area contributed by atoms with Crippen molar-refractivity contribution in [2.24, 2.45) is 0 Å². The van der Waals surface area contributed by atoms with Gasteiger partial charge in [0, 0.05) is 7.11 Å². The number of halogens is 1. The van der Waals surface area contributed by atoms with Crippen LogP contribution in [0.2, 0.25) is 0 Å². The number of methoxy groups -OCH3 is 1. The van der Waals surface area contributed by atoms with Crippen molar-refractivity contribution in [3.63, 3.8) is 0 Å². The first kappa shape index (κ1) is 8.21. The molecule has 0 radical (unpaired) electrons. The topological polar surface area (TPSA) is 9.23 Å². The molecule has 0 unspecified atom stereocenters. The summed E-state index contributed by atoms with van der Waals surface area (Å²) in [4.78, 5) is 0. The van der Waals surface area contributed by atoms with Gasteiger partial charge in [0.1, 0.15) is 5.82 Å². The molecule has 0 amide bonds. The van der Waals surface area contributed by atoms with Crippen LogP contribution in [-0.2, 0) is 11.3 Å². The van der Waals surface area contributed by atoms with Gasteiger partial charge in [-0.15, -0.1) is 0 Å². The number of ether oxygens (including phenoxy) is 1. The molecule has 1 aromatic rings. The zero-order valence-corrected chi connectivity index (χ0v) is 6.73. The molecule has 0 bridgehead atoms. The maximum atomic E-state index is 12.8. The van der Waals surface area contributed by atoms with Gasteiger partial charge in [-0.3, -0.25) is 0 Å². The van der Waals surface area contributed by atoms with E-state index in [4.69, 9.17) is 4.74 Å². The summed E-state index contributed by atoms with van der Waals surface area (Å²) in [6, 6.07) is 5.12. The lowest BCUT2D eigenvalue weighted by molar-refractivity contribution is 0.184. The van der Waals surface area contributed by atoms with Crippen molar-refractivity contribution < 1.29 is 9.13 Å². The molecule has 0 saturated carbocycles. The minimum atomic E-state index is -0.167. The van der Waals surface area contributed by atoms with Gasteiger partial charge in [-0.2, -0.15) is 0 Å². The van der Waals surface area contributed by atoms with E-state index in [2.05, 4.69) is 0 Å². The van der Waals surface area contributed by atoms with Crippen molar-refractivity contribution in [1.82, 2.24) is 0 Å². The molecule has 1 nitrogen and oxygen atoms in total. The van der Waals surface area contributed by atoms with Crippen LogP contribution in [0.4, 0.5) is 4.39 Å². The molecule has 0 aliphatic heterocycles. The number of rotatable bonds is 2. The lowest BCUT2D eigenvalue weighted by atomic mass is 10.1. The van der Waals surface area contributed by atoms with Crippen molar-refractivity contribution >= 4 is 0 Å². The van der Waals surface area contributed by atoms with Gasteiger partial charge in [0.15, 0.2) is 0 Å². The molecule has 0 aliphatic rings. The fourth-order valence-electron chi connectivity index (χ4n) is 0.893. The first-order valence-corrected chi connectivity index (χ1v) is 3.48. The second-order valence-electron chi connectivity index (χ2n) is 2.52. The molecule has 0 fully saturated rings. The van der Waals surface area contributed by atoms with Crippen molar-refractivity contribution in [2.45, 2.75) is 13.5 Å². The van der Waals surface area contributed by atoms with E-state index in [9.17, 15) is 4.39 Å². The summed E-state index contributed by atoms with van der Waals surface area (Å²) >= 11 is 0. The Kier molecular flexibility index (Phi) is 2.60. The summed E-state index contributed by atoms with van der Waals surface area (Å²) in [6.45, 7) is 2.21. The van der Waals surface area contributed by atoms with Crippen molar-refractivity contribution in [2.75, 3.05) is 7.11 Å². The maximum Gasteiger partial charge on any atom is 0.126 e. The van der Waals surface area contributed by atoms with Crippen molar-refractivity contribution in [1.29, 1.82) is 0 Å². The van der Waals surface area contributed by atoms with E-state index >= 15 is 0 Å². The third-order valence-corrected chi connectivity index (χ3v) is 1.55. The first-order valence-electron chi connectivity index (χ1n) is 3.48. The average molecular weight is 154 g/mol. The maximum absolute atomic E-state index is 12.8. The van der Waals surface area contributed by atoms with Crippen LogP contribution in [0.5, 0.6) is 0 Å². The molecule has 1 aromatic carbocycles. The van der Waals surface area contributed by atoms with Crippen LogP contribution >= 0.6 is 0 Å². The number of aryl methyl sites for hydroxylation is 1. The van der Waals surface area contributed by atoms with E-state index in [-0.39, 0.29) is 5.82 Å². The van der Waals surface area contributed by atoms with Gasteiger partial charge in [-0.25, -0.2) is 4.39 Å². The van der Waals surface area contributed by atoms with Gasteiger partial charge < -0.3 is 4.74 Å². The lowest BCUT2D eigenvalue weighted by Crippen LogP contribution is -1.90. The van der Waals surface area contributed by atoms with Crippen molar-refractivity contribution in [3.8, 4) is 0 Å². The Morgan fingerprint density at radius 1 is 1.45 bits per heavy atom. The van der Waals surface area contributed by atoms with Gasteiger partial charge in [0.25, 0.3) is 0 Å². The minimum Gasteiger partial charge on any atom is -0.380 e. The molecule has 11 heavy (non-hydrogen) atoms. The molecule has 1 rings (SSSR count). The monoisotopic (exact) mass is 154 g/mol. The molecule has 60 valence electrons. The third kappa shape index (κ3) is 2.02. The SMILES string of the molecule is COCc1ccc(C)c(F)c1. The Hall–Kier alpha value is -0.890. The minimum absolute atomic E-state index is 0.167. The van der Waals surface area contributed by atoms with E-state index in [1.54, 1.807) is 20.1 Å². The van der Waals surface area contributed by atoms with Crippen LogP contribution in [0.15, 0.2) is 18.2 Å². The van der Waals surface area contributed by atoms with Crippen LogP contribution in [0, 0.1) is 12.7 Å². The summed E-state index contributed by atoms with van der Waals surface area (Å²) in [5, 5.41) is 0. The van der Waals surface area contributed by atoms with Crippen LogP contribution in [0.1, 0.15) is 11.1 Å². The van der Waals surface area contributed by atoms with Gasteiger partial charge in [-0.1, -0.05) is 12.1 Å². The molecular formula is C9H11FO. The Labute approximate surface area is 65.8 Å². The van der Waals surface area contributed by atoms with E-state index in [0.29, 0.717) is 12.2 Å². The molecule has 0 spiro atoms. The fraction of sp³-hybridized carbons (Fsp3) is 0.333. The van der Waals surface area contributed by atoms with E-state index in [0.717, 1.165) is 5.56 Å². The highest BCUT2D eigenvalue weighted by molar-refractivity contribution is 5.22. The summed E-state index contributed by atoms with van der Waals surface area (Å²) in [5.41, 5.74) is 1.54. The summed E-state index contributed by atoms with van der Waals surface area (Å²) < 4.78 is 17.7. The highest BCUT2D eigenvalue weighted by Crippen LogP contribution is 2.09. The highest BCUT2D eigenvalue weighted by atomic mass is 19.1. The van der Waals surface area contributed by atoms with Gasteiger partial charge in [0.05, 0.1) is 6.61 Å². The second-order valence-corrected chi connectivity index (χ2v) is 2.52. The molecule has 0 atom stereocenters. The molecule has 0 saturated heterocycles. The Morgan fingerprint density at radius 3 is 2.73 bits per heavy atom. The Morgan fingerprint density at radius 2 is 2.18 bits per heavy atom. The van der Waals surface area contributed by atoms with Crippen LogP contribution < -0.4 is 0 Å². The zero-order chi connectivity index (χ0) is 8.27. The quantitative estimate of drug-likeness (QED) is 0.635. The predicted molar refractivity (Wildman–Crippen MR) is 41.9 cm³/mol. The number of hydrogen-bond donors (Lipinski definition) is 0. The summed E-state index contributed by atoms with van der Waals surface area (Å²) in [5.74, 6) is -0.167. The molecule has 0 heterocycles. The van der Waals surface area contributed by atoms with E-state index in [1.807, 2.05) is 6.07 Å². The highest BCUT2D eigenvalue weighted by Gasteiger charge is 1.97. The zero-order valence-electron chi connectivity index (χ0n) is 6.73. The number of hydrogen-bond acceptors (Lipinski definition) is 1. The normalized spacial score (nSPS) is 10.1. The van der Waals surface area contributed by atoms with Crippen LogP contribution in [-0.4, -0.2) is 7.11 Å². The molecule has 0 aliphatic carbocycles. The molecular weight excluding hydrogens is 143 g/mol. The van der Waals surface area contributed by atoms with Crippen LogP contribution in [0.3, 0.4) is 0 Å².